The smallest absolute Gasteiger partial charge is 0.151 e. The summed E-state index contributed by atoms with van der Waals surface area (Å²) >= 11 is 0. The van der Waals surface area contributed by atoms with Gasteiger partial charge in [-0.1, -0.05) is 0 Å². The molecule has 158 valence electrons. The molecule has 1 aromatic carbocycles. The zero-order chi connectivity index (χ0) is 21.5. The Morgan fingerprint density at radius 2 is 1.97 bits per heavy atom. The summed E-state index contributed by atoms with van der Waals surface area (Å²) in [5, 5.41) is 1.10. The molecule has 8 nitrogen and oxygen atoms in total. The topological polar surface area (TPSA) is 106 Å². The summed E-state index contributed by atoms with van der Waals surface area (Å²) in [4.78, 5) is 23.0. The van der Waals surface area contributed by atoms with Crippen LogP contribution in [0.1, 0.15) is 12.0 Å². The molecular formula is C24H21N7O. The number of benzene rings is 1. The van der Waals surface area contributed by atoms with Crippen molar-refractivity contribution >= 4 is 33.6 Å². The number of nitrogen functional groups attached to an aromatic ring is 1. The SMILES string of the molecule is Nc1ncnc2c(-c3cncc(COc4ccc5ccc(N6CCC6)nc5c4)c3)c[nH]c12. The average Bonchev–Trinajstić information content (AvgIpc) is 3.22. The summed E-state index contributed by atoms with van der Waals surface area (Å²) in [6.45, 7) is 2.55. The molecule has 3 N–H and O–H groups in total. The summed E-state index contributed by atoms with van der Waals surface area (Å²) in [7, 11) is 0. The second-order valence-corrected chi connectivity index (χ2v) is 7.92. The quantitative estimate of drug-likeness (QED) is 0.441. The standard InChI is InChI=1S/C24H21N7O/c25-24-23-22(28-14-29-24)19(12-27-23)17-8-15(10-26-11-17)13-32-18-4-2-16-3-5-21(30-20(16)9-18)31-6-1-7-31/h2-5,8-12,14,27H,1,6-7,13H2,(H2,25,28,29). The van der Waals surface area contributed by atoms with Crippen molar-refractivity contribution in [3.8, 4) is 16.9 Å². The maximum Gasteiger partial charge on any atom is 0.151 e. The van der Waals surface area contributed by atoms with Crippen LogP contribution >= 0.6 is 0 Å². The highest BCUT2D eigenvalue weighted by Gasteiger charge is 2.16. The van der Waals surface area contributed by atoms with Crippen LogP contribution in [0.25, 0.3) is 33.1 Å². The molecule has 0 bridgehead atoms. The number of rotatable bonds is 5. The predicted molar refractivity (Wildman–Crippen MR) is 124 cm³/mol. The van der Waals surface area contributed by atoms with Gasteiger partial charge in [0.1, 0.15) is 35.5 Å². The number of hydrogen-bond acceptors (Lipinski definition) is 7. The Labute approximate surface area is 184 Å². The van der Waals surface area contributed by atoms with Crippen LogP contribution in [0.4, 0.5) is 11.6 Å². The summed E-state index contributed by atoms with van der Waals surface area (Å²) in [5.41, 5.74) is 11.2. The molecule has 5 aromatic rings. The Morgan fingerprint density at radius 3 is 2.84 bits per heavy atom. The minimum Gasteiger partial charge on any atom is -0.489 e. The number of fused-ring (bicyclic) bond motifs is 2. The first kappa shape index (κ1) is 18.6. The van der Waals surface area contributed by atoms with Crippen molar-refractivity contribution in [2.24, 2.45) is 0 Å². The minimum atomic E-state index is 0.400. The van der Waals surface area contributed by atoms with Gasteiger partial charge in [-0.15, -0.1) is 0 Å². The fraction of sp³-hybridized carbons (Fsp3) is 0.167. The molecule has 0 aliphatic carbocycles. The highest BCUT2D eigenvalue weighted by atomic mass is 16.5. The van der Waals surface area contributed by atoms with Gasteiger partial charge < -0.3 is 20.4 Å². The minimum absolute atomic E-state index is 0.400. The van der Waals surface area contributed by atoms with Crippen LogP contribution in [-0.4, -0.2) is 38.0 Å². The molecule has 1 aliphatic heterocycles. The summed E-state index contributed by atoms with van der Waals surface area (Å²) in [5.74, 6) is 2.24. The highest BCUT2D eigenvalue weighted by molar-refractivity contribution is 5.96. The van der Waals surface area contributed by atoms with E-state index in [4.69, 9.17) is 15.5 Å². The van der Waals surface area contributed by atoms with Gasteiger partial charge in [0.05, 0.1) is 5.52 Å². The van der Waals surface area contributed by atoms with E-state index in [9.17, 15) is 0 Å². The molecule has 1 saturated heterocycles. The van der Waals surface area contributed by atoms with E-state index in [1.54, 1.807) is 0 Å². The van der Waals surface area contributed by atoms with E-state index < -0.39 is 0 Å². The van der Waals surface area contributed by atoms with Crippen LogP contribution in [0.2, 0.25) is 0 Å². The molecule has 0 saturated carbocycles. The van der Waals surface area contributed by atoms with E-state index in [1.807, 2.05) is 36.8 Å². The van der Waals surface area contributed by atoms with Crippen LogP contribution in [0.3, 0.4) is 0 Å². The van der Waals surface area contributed by atoms with Crippen molar-refractivity contribution in [1.29, 1.82) is 0 Å². The van der Waals surface area contributed by atoms with Crippen LogP contribution in [0.15, 0.2) is 61.3 Å². The van der Waals surface area contributed by atoms with Crippen LogP contribution in [-0.2, 0) is 6.61 Å². The fourth-order valence-corrected chi connectivity index (χ4v) is 3.96. The third kappa shape index (κ3) is 3.26. The third-order valence-corrected chi connectivity index (χ3v) is 5.83. The van der Waals surface area contributed by atoms with Gasteiger partial charge in [0, 0.05) is 59.8 Å². The van der Waals surface area contributed by atoms with Crippen molar-refractivity contribution in [2.45, 2.75) is 13.0 Å². The number of nitrogens with two attached hydrogens (primary N) is 1. The van der Waals surface area contributed by atoms with Gasteiger partial charge in [-0.25, -0.2) is 15.0 Å². The van der Waals surface area contributed by atoms with Crippen LogP contribution in [0.5, 0.6) is 5.75 Å². The molecule has 32 heavy (non-hydrogen) atoms. The van der Waals surface area contributed by atoms with Gasteiger partial charge in [-0.05, 0) is 36.8 Å². The number of anilines is 2. The molecule has 5 heterocycles. The first-order valence-electron chi connectivity index (χ1n) is 10.5. The van der Waals surface area contributed by atoms with Gasteiger partial charge in [0.15, 0.2) is 5.82 Å². The molecule has 0 atom stereocenters. The zero-order valence-corrected chi connectivity index (χ0v) is 17.3. The lowest BCUT2D eigenvalue weighted by molar-refractivity contribution is 0.306. The summed E-state index contributed by atoms with van der Waals surface area (Å²) in [6.07, 6.45) is 8.19. The highest BCUT2D eigenvalue weighted by Crippen LogP contribution is 2.29. The lowest BCUT2D eigenvalue weighted by Gasteiger charge is -2.32. The van der Waals surface area contributed by atoms with Crippen molar-refractivity contribution in [3.63, 3.8) is 0 Å². The molecule has 0 unspecified atom stereocenters. The van der Waals surface area contributed by atoms with E-state index in [2.05, 4.69) is 43.0 Å². The third-order valence-electron chi connectivity index (χ3n) is 5.83. The largest absolute Gasteiger partial charge is 0.489 e. The summed E-state index contributed by atoms with van der Waals surface area (Å²) in [6, 6.07) is 12.3. The number of hydrogen-bond donors (Lipinski definition) is 2. The second-order valence-electron chi connectivity index (χ2n) is 7.92. The molecule has 6 rings (SSSR count). The average molecular weight is 423 g/mol. The molecule has 4 aromatic heterocycles. The Hall–Kier alpha value is -4.20. The number of nitrogens with zero attached hydrogens (tertiary/aromatic N) is 5. The van der Waals surface area contributed by atoms with E-state index >= 15 is 0 Å². The zero-order valence-electron chi connectivity index (χ0n) is 17.3. The fourth-order valence-electron chi connectivity index (χ4n) is 3.96. The molecule has 0 spiro atoms. The van der Waals surface area contributed by atoms with E-state index in [0.29, 0.717) is 12.4 Å². The van der Waals surface area contributed by atoms with Gasteiger partial charge in [0.25, 0.3) is 0 Å². The van der Waals surface area contributed by atoms with E-state index in [-0.39, 0.29) is 0 Å². The molecular weight excluding hydrogens is 402 g/mol. The summed E-state index contributed by atoms with van der Waals surface area (Å²) < 4.78 is 6.07. The maximum absolute atomic E-state index is 6.07. The van der Waals surface area contributed by atoms with Gasteiger partial charge in [-0.3, -0.25) is 4.98 Å². The Bertz CT molecular complexity index is 1440. The monoisotopic (exact) mass is 423 g/mol. The number of aromatic amines is 1. The molecule has 0 amide bonds. The van der Waals surface area contributed by atoms with Crippen molar-refractivity contribution < 1.29 is 4.74 Å². The van der Waals surface area contributed by atoms with Crippen molar-refractivity contribution in [3.05, 3.63) is 66.9 Å². The van der Waals surface area contributed by atoms with Gasteiger partial charge in [-0.2, -0.15) is 0 Å². The van der Waals surface area contributed by atoms with E-state index in [0.717, 1.165) is 63.3 Å². The number of H-pyrrole nitrogens is 1. The normalized spacial score (nSPS) is 13.4. The molecule has 1 aliphatic rings. The van der Waals surface area contributed by atoms with Crippen LogP contribution in [0, 0.1) is 0 Å². The Morgan fingerprint density at radius 1 is 1.06 bits per heavy atom. The molecule has 0 radical (unpaired) electrons. The Kier molecular flexibility index (Phi) is 4.34. The number of pyridine rings is 2. The van der Waals surface area contributed by atoms with E-state index in [1.165, 1.54) is 12.7 Å². The number of nitrogens with one attached hydrogen (secondary N) is 1. The Balaban J connectivity index is 1.24. The van der Waals surface area contributed by atoms with Gasteiger partial charge >= 0.3 is 0 Å². The van der Waals surface area contributed by atoms with Crippen molar-refractivity contribution in [1.82, 2.24) is 24.9 Å². The van der Waals surface area contributed by atoms with Crippen LogP contribution < -0.4 is 15.4 Å². The second kappa shape index (κ2) is 7.49. The predicted octanol–water partition coefficient (Wildman–Crippen LogP) is 3.94. The van der Waals surface area contributed by atoms with Crippen molar-refractivity contribution in [2.75, 3.05) is 23.7 Å². The van der Waals surface area contributed by atoms with Gasteiger partial charge in [0.2, 0.25) is 0 Å². The maximum atomic E-state index is 6.07. The lowest BCUT2D eigenvalue weighted by Crippen LogP contribution is -2.37. The first-order chi connectivity index (χ1) is 15.7. The first-order valence-corrected chi connectivity index (χ1v) is 10.5. The number of aromatic nitrogens is 5. The number of ether oxygens (including phenoxy) is 1. The molecule has 8 heteroatoms. The lowest BCUT2D eigenvalue weighted by atomic mass is 10.1. The molecule has 1 fully saturated rings.